The van der Waals surface area contributed by atoms with Gasteiger partial charge in [-0.05, 0) is 30.9 Å². The van der Waals surface area contributed by atoms with Crippen molar-refractivity contribution in [1.29, 1.82) is 0 Å². The fourth-order valence-electron chi connectivity index (χ4n) is 2.03. The lowest BCUT2D eigenvalue weighted by molar-refractivity contribution is -0.145. The van der Waals surface area contributed by atoms with Gasteiger partial charge in [0.2, 0.25) is 5.91 Å². The summed E-state index contributed by atoms with van der Waals surface area (Å²) in [6.07, 6.45) is 1.48. The highest BCUT2D eigenvalue weighted by Crippen LogP contribution is 2.09. The van der Waals surface area contributed by atoms with E-state index >= 15 is 0 Å². The van der Waals surface area contributed by atoms with E-state index in [4.69, 9.17) is 9.47 Å². The van der Waals surface area contributed by atoms with Gasteiger partial charge in [-0.3, -0.25) is 4.79 Å². The molecular weight excluding hydrogens is 282 g/mol. The summed E-state index contributed by atoms with van der Waals surface area (Å²) in [5.74, 6) is 0.524. The zero-order valence-electron chi connectivity index (χ0n) is 13.5. The predicted molar refractivity (Wildman–Crippen MR) is 84.6 cm³/mol. The number of esters is 1. The Balaban J connectivity index is 2.29. The number of benzene rings is 1. The van der Waals surface area contributed by atoms with Crippen LogP contribution in [0.3, 0.4) is 0 Å². The normalized spacial score (nSPS) is 11.8. The minimum Gasteiger partial charge on any atom is -0.494 e. The summed E-state index contributed by atoms with van der Waals surface area (Å²) in [6, 6.07) is 8.88. The average Bonchev–Trinajstić information content (AvgIpc) is 2.50. The van der Waals surface area contributed by atoms with Crippen molar-refractivity contribution < 1.29 is 19.1 Å². The van der Waals surface area contributed by atoms with Crippen LogP contribution in [0, 0.1) is 5.92 Å². The third kappa shape index (κ3) is 7.11. The maximum atomic E-state index is 11.9. The Morgan fingerprint density at radius 1 is 1.18 bits per heavy atom. The van der Waals surface area contributed by atoms with Gasteiger partial charge in [0, 0.05) is 6.42 Å². The third-order valence-electron chi connectivity index (χ3n) is 3.09. The zero-order valence-corrected chi connectivity index (χ0v) is 13.5. The van der Waals surface area contributed by atoms with Crippen LogP contribution in [-0.4, -0.2) is 31.6 Å². The van der Waals surface area contributed by atoms with Crippen molar-refractivity contribution in [2.75, 3.05) is 13.7 Å². The van der Waals surface area contributed by atoms with Gasteiger partial charge in [-0.1, -0.05) is 32.0 Å². The molecule has 0 aliphatic rings. The topological polar surface area (TPSA) is 64.6 Å². The van der Waals surface area contributed by atoms with Crippen LogP contribution in [0.5, 0.6) is 5.75 Å². The summed E-state index contributed by atoms with van der Waals surface area (Å²) in [7, 11) is 1.33. The lowest BCUT2D eigenvalue weighted by Crippen LogP contribution is -2.42. The number of rotatable bonds is 9. The molecule has 0 heterocycles. The van der Waals surface area contributed by atoms with Gasteiger partial charge in [0.05, 0.1) is 13.7 Å². The van der Waals surface area contributed by atoms with E-state index in [1.54, 1.807) is 0 Å². The highest BCUT2D eigenvalue weighted by Gasteiger charge is 2.22. The molecule has 5 heteroatoms. The van der Waals surface area contributed by atoms with Crippen LogP contribution >= 0.6 is 0 Å². The standard InChI is InChI=1S/C17H25NO4/c1-13(2)12-15(17(20)21-3)18-16(19)10-7-11-22-14-8-5-4-6-9-14/h4-6,8-9,13,15H,7,10-12H2,1-3H3,(H,18,19)/t15-/m0/s1. The maximum absolute atomic E-state index is 11.9. The lowest BCUT2D eigenvalue weighted by atomic mass is 10.0. The van der Waals surface area contributed by atoms with Gasteiger partial charge in [-0.2, -0.15) is 0 Å². The highest BCUT2D eigenvalue weighted by molar-refractivity contribution is 5.84. The number of para-hydroxylation sites is 1. The molecule has 0 aromatic heterocycles. The fourth-order valence-corrected chi connectivity index (χ4v) is 2.03. The first-order valence-corrected chi connectivity index (χ1v) is 7.58. The minimum absolute atomic E-state index is 0.160. The van der Waals surface area contributed by atoms with E-state index < -0.39 is 12.0 Å². The summed E-state index contributed by atoms with van der Waals surface area (Å²) in [5, 5.41) is 2.73. The van der Waals surface area contributed by atoms with Crippen molar-refractivity contribution >= 4 is 11.9 Å². The monoisotopic (exact) mass is 307 g/mol. The van der Waals surface area contributed by atoms with Crippen molar-refractivity contribution in [1.82, 2.24) is 5.32 Å². The van der Waals surface area contributed by atoms with Gasteiger partial charge in [-0.15, -0.1) is 0 Å². The predicted octanol–water partition coefficient (Wildman–Crippen LogP) is 2.55. The molecule has 0 fully saturated rings. The largest absolute Gasteiger partial charge is 0.494 e. The molecule has 0 unspecified atom stereocenters. The Bertz CT molecular complexity index is 459. The van der Waals surface area contributed by atoms with Crippen LogP contribution in [-0.2, 0) is 14.3 Å². The van der Waals surface area contributed by atoms with Gasteiger partial charge in [-0.25, -0.2) is 4.79 Å². The number of ether oxygens (including phenoxy) is 2. The Morgan fingerprint density at radius 2 is 1.86 bits per heavy atom. The molecule has 5 nitrogen and oxygen atoms in total. The molecule has 0 saturated heterocycles. The number of amides is 1. The van der Waals surface area contributed by atoms with Crippen LogP contribution in [0.1, 0.15) is 33.1 Å². The van der Waals surface area contributed by atoms with Gasteiger partial charge in [0.15, 0.2) is 0 Å². The van der Waals surface area contributed by atoms with Crippen LogP contribution in [0.25, 0.3) is 0 Å². The Kier molecular flexibility index (Phi) is 8.04. The zero-order chi connectivity index (χ0) is 16.4. The second-order valence-corrected chi connectivity index (χ2v) is 5.54. The van der Waals surface area contributed by atoms with E-state index in [1.807, 2.05) is 44.2 Å². The van der Waals surface area contributed by atoms with Gasteiger partial charge in [0.1, 0.15) is 11.8 Å². The summed E-state index contributed by atoms with van der Waals surface area (Å²) in [6.45, 7) is 4.45. The smallest absolute Gasteiger partial charge is 0.328 e. The first kappa shape index (κ1) is 18.0. The van der Waals surface area contributed by atoms with E-state index in [9.17, 15) is 9.59 Å². The quantitative estimate of drug-likeness (QED) is 0.562. The Morgan fingerprint density at radius 3 is 2.45 bits per heavy atom. The molecule has 1 amide bonds. The van der Waals surface area contributed by atoms with E-state index in [1.165, 1.54) is 7.11 Å². The molecule has 0 bridgehead atoms. The van der Waals surface area contributed by atoms with Crippen LogP contribution in [0.2, 0.25) is 0 Å². The van der Waals surface area contributed by atoms with Crippen LogP contribution in [0.4, 0.5) is 0 Å². The molecule has 1 aromatic carbocycles. The van der Waals surface area contributed by atoms with Gasteiger partial charge < -0.3 is 14.8 Å². The average molecular weight is 307 g/mol. The Labute approximate surface area is 132 Å². The number of hydrogen-bond donors (Lipinski definition) is 1. The first-order valence-electron chi connectivity index (χ1n) is 7.58. The summed E-state index contributed by atoms with van der Waals surface area (Å²) >= 11 is 0. The summed E-state index contributed by atoms with van der Waals surface area (Å²) < 4.78 is 10.2. The first-order chi connectivity index (χ1) is 10.5. The van der Waals surface area contributed by atoms with Crippen molar-refractivity contribution in [3.63, 3.8) is 0 Å². The molecule has 1 N–H and O–H groups in total. The molecule has 1 rings (SSSR count). The molecule has 0 saturated carbocycles. The number of hydrogen-bond acceptors (Lipinski definition) is 4. The molecule has 1 aromatic rings. The van der Waals surface area contributed by atoms with Gasteiger partial charge >= 0.3 is 5.97 Å². The molecular formula is C17H25NO4. The molecule has 122 valence electrons. The van der Waals surface area contributed by atoms with Crippen LogP contribution in [0.15, 0.2) is 30.3 Å². The minimum atomic E-state index is -0.576. The van der Waals surface area contributed by atoms with E-state index in [2.05, 4.69) is 5.32 Å². The van der Waals surface area contributed by atoms with Gasteiger partial charge in [0.25, 0.3) is 0 Å². The molecule has 1 atom stereocenters. The lowest BCUT2D eigenvalue weighted by Gasteiger charge is -2.18. The fraction of sp³-hybridized carbons (Fsp3) is 0.529. The summed E-state index contributed by atoms with van der Waals surface area (Å²) in [5.41, 5.74) is 0. The number of carbonyl (C=O) groups is 2. The number of carbonyl (C=O) groups excluding carboxylic acids is 2. The molecule has 22 heavy (non-hydrogen) atoms. The molecule has 0 aliphatic carbocycles. The van der Waals surface area contributed by atoms with Crippen molar-refractivity contribution in [3.8, 4) is 5.75 Å². The highest BCUT2D eigenvalue weighted by atomic mass is 16.5. The second-order valence-electron chi connectivity index (χ2n) is 5.54. The summed E-state index contributed by atoms with van der Waals surface area (Å²) in [4.78, 5) is 23.5. The van der Waals surface area contributed by atoms with Crippen molar-refractivity contribution in [2.24, 2.45) is 5.92 Å². The SMILES string of the molecule is COC(=O)[C@H](CC(C)C)NC(=O)CCCOc1ccccc1. The van der Waals surface area contributed by atoms with Crippen LogP contribution < -0.4 is 10.1 Å². The van der Waals surface area contributed by atoms with E-state index in [0.29, 0.717) is 31.8 Å². The molecule has 0 spiro atoms. The number of methoxy groups -OCH3 is 1. The van der Waals surface area contributed by atoms with E-state index in [-0.39, 0.29) is 5.91 Å². The molecule has 0 aliphatic heterocycles. The van der Waals surface area contributed by atoms with Crippen molar-refractivity contribution in [3.05, 3.63) is 30.3 Å². The number of nitrogens with one attached hydrogen (secondary N) is 1. The second kappa shape index (κ2) is 9.82. The maximum Gasteiger partial charge on any atom is 0.328 e. The Hall–Kier alpha value is -2.04. The molecule has 0 radical (unpaired) electrons. The van der Waals surface area contributed by atoms with E-state index in [0.717, 1.165) is 5.75 Å². The van der Waals surface area contributed by atoms with Crippen molar-refractivity contribution in [2.45, 2.75) is 39.2 Å². The third-order valence-corrected chi connectivity index (χ3v) is 3.09.